The number of halogens is 17. The molecule has 0 saturated carbocycles. The molecule has 0 bridgehead atoms. The van der Waals surface area contributed by atoms with E-state index < -0.39 is 69.2 Å². The second kappa shape index (κ2) is 9.19. The van der Waals surface area contributed by atoms with Crippen molar-refractivity contribution in [1.29, 1.82) is 0 Å². The van der Waals surface area contributed by atoms with Crippen molar-refractivity contribution in [2.24, 2.45) is 5.73 Å². The molecule has 0 fully saturated rings. The maximum Gasteiger partial charge on any atom is 0.393 e. The summed E-state index contributed by atoms with van der Waals surface area (Å²) in [4.78, 5) is 23.0. The number of rotatable bonds is 10. The molecule has 0 aliphatic carbocycles. The molecular weight excluding hydrogens is 624 g/mol. The van der Waals surface area contributed by atoms with Crippen LogP contribution >= 0.6 is 22.9 Å². The van der Waals surface area contributed by atoms with Gasteiger partial charge in [0, 0.05) is 4.88 Å². The minimum atomic E-state index is -8.70. The third-order valence-electron chi connectivity index (χ3n) is 4.87. The SMILES string of the molecule is Cc1sc(NC(=O)C(F)(F)C(F)(F)C(F)(F)C(F)(F)C(F)(F)C(F)(F)C(F)(F)C(F)(F)Cl)c(C(N)=O)c1C. The van der Waals surface area contributed by atoms with Gasteiger partial charge in [0.1, 0.15) is 5.00 Å². The summed E-state index contributed by atoms with van der Waals surface area (Å²) in [7, 11) is 0. The number of carbonyl (C=O) groups excluding carboxylic acids is 2. The van der Waals surface area contributed by atoms with E-state index in [2.05, 4.69) is 11.6 Å². The van der Waals surface area contributed by atoms with Crippen molar-refractivity contribution in [2.45, 2.75) is 60.7 Å². The minimum Gasteiger partial charge on any atom is -0.365 e. The highest BCUT2D eigenvalue weighted by molar-refractivity contribution is 7.16. The average Bonchev–Trinajstić information content (AvgIpc) is 2.99. The van der Waals surface area contributed by atoms with E-state index in [-0.39, 0.29) is 21.8 Å². The van der Waals surface area contributed by atoms with E-state index in [1.165, 1.54) is 0 Å². The van der Waals surface area contributed by atoms with Gasteiger partial charge in [-0.1, -0.05) is 0 Å². The van der Waals surface area contributed by atoms with Gasteiger partial charge in [0.05, 0.1) is 5.56 Å². The lowest BCUT2D eigenvalue weighted by Gasteiger charge is -2.42. The van der Waals surface area contributed by atoms with Crippen LogP contribution in [-0.2, 0) is 4.79 Å². The Balaban J connectivity index is 3.66. The van der Waals surface area contributed by atoms with Crippen molar-refractivity contribution >= 4 is 39.8 Å². The highest BCUT2D eigenvalue weighted by Gasteiger charge is 2.95. The van der Waals surface area contributed by atoms with E-state index in [9.17, 15) is 79.8 Å². The number of hydrogen-bond donors (Lipinski definition) is 2. The van der Waals surface area contributed by atoms with Gasteiger partial charge in [-0.2, -0.15) is 70.2 Å². The maximum atomic E-state index is 14.0. The lowest BCUT2D eigenvalue weighted by Crippen LogP contribution is -2.75. The van der Waals surface area contributed by atoms with Gasteiger partial charge < -0.3 is 11.1 Å². The Morgan fingerprint density at radius 2 is 1.03 bits per heavy atom. The van der Waals surface area contributed by atoms with Crippen LogP contribution in [0.5, 0.6) is 0 Å². The largest absolute Gasteiger partial charge is 0.393 e. The van der Waals surface area contributed by atoms with E-state index in [0.717, 1.165) is 19.2 Å². The van der Waals surface area contributed by atoms with Gasteiger partial charge in [-0.25, -0.2) is 0 Å². The zero-order valence-corrected chi connectivity index (χ0v) is 19.3. The average molecular weight is 633 g/mol. The lowest BCUT2D eigenvalue weighted by atomic mass is 9.89. The smallest absolute Gasteiger partial charge is 0.365 e. The zero-order valence-electron chi connectivity index (χ0n) is 17.7. The first kappa shape index (κ1) is 33.8. The van der Waals surface area contributed by atoms with Crippen molar-refractivity contribution in [2.75, 3.05) is 5.32 Å². The summed E-state index contributed by atoms with van der Waals surface area (Å²) >= 11 is 3.54. The van der Waals surface area contributed by atoms with E-state index >= 15 is 0 Å². The molecule has 1 heterocycles. The van der Waals surface area contributed by atoms with Crippen LogP contribution < -0.4 is 11.1 Å². The Morgan fingerprint density at radius 3 is 1.37 bits per heavy atom. The van der Waals surface area contributed by atoms with E-state index in [4.69, 9.17) is 5.73 Å². The van der Waals surface area contributed by atoms with Crippen LogP contribution in [0.15, 0.2) is 0 Å². The fourth-order valence-electron chi connectivity index (χ4n) is 2.50. The Labute approximate surface area is 208 Å². The number of primary amides is 1. The number of aryl methyl sites for hydroxylation is 1. The Hall–Kier alpha value is -2.19. The molecule has 4 nitrogen and oxygen atoms in total. The molecule has 2 amide bonds. The molecule has 0 saturated heterocycles. The summed E-state index contributed by atoms with van der Waals surface area (Å²) in [5.74, 6) is -62.8. The van der Waals surface area contributed by atoms with E-state index in [1.807, 2.05) is 0 Å². The molecule has 1 aromatic rings. The quantitative estimate of drug-likeness (QED) is 0.223. The molecule has 220 valence electrons. The van der Waals surface area contributed by atoms with Gasteiger partial charge in [0.25, 0.3) is 5.91 Å². The Bertz CT molecular complexity index is 1110. The van der Waals surface area contributed by atoms with Crippen molar-refractivity contribution in [3.8, 4) is 0 Å². The molecule has 0 aliphatic rings. The number of hydrogen-bond acceptors (Lipinski definition) is 3. The van der Waals surface area contributed by atoms with Crippen LogP contribution in [0.25, 0.3) is 0 Å². The second-order valence-electron chi connectivity index (χ2n) is 7.32. The molecule has 0 unspecified atom stereocenters. The minimum absolute atomic E-state index is 0.0417. The Morgan fingerprint density at radius 1 is 0.684 bits per heavy atom. The number of nitrogens with one attached hydrogen (secondary N) is 1. The molecule has 0 spiro atoms. The predicted molar refractivity (Wildman–Crippen MR) is 96.4 cm³/mol. The molecular formula is C16H9ClF16N2O2S. The van der Waals surface area contributed by atoms with Crippen molar-refractivity contribution in [1.82, 2.24) is 0 Å². The molecule has 38 heavy (non-hydrogen) atoms. The highest BCUT2D eigenvalue weighted by Crippen LogP contribution is 2.64. The number of anilines is 1. The summed E-state index contributed by atoms with van der Waals surface area (Å²) in [6.45, 7) is 2.16. The molecule has 0 aromatic carbocycles. The number of nitrogens with two attached hydrogens (primary N) is 1. The monoisotopic (exact) mass is 632 g/mol. The normalized spacial score (nSPS) is 15.0. The fraction of sp³-hybridized carbons (Fsp3) is 0.625. The standard InChI is InChI=1S/C16H9ClF16N2O2S/c1-3-4(2)38-7(5(3)6(34)36)35-8(37)9(18,19)10(20,21)11(22,23)12(24,25)13(26,27)14(28,29)15(30,31)16(17,32)33/h1-2H3,(H2,34,36)(H,35,37). The van der Waals surface area contributed by atoms with Crippen molar-refractivity contribution in [3.63, 3.8) is 0 Å². The summed E-state index contributed by atoms with van der Waals surface area (Å²) in [6, 6.07) is 0. The fourth-order valence-corrected chi connectivity index (χ4v) is 3.68. The van der Waals surface area contributed by atoms with Gasteiger partial charge in [-0.15, -0.1) is 11.3 Å². The maximum absolute atomic E-state index is 14.0. The van der Waals surface area contributed by atoms with E-state index in [1.54, 1.807) is 0 Å². The zero-order chi connectivity index (χ0) is 30.9. The molecule has 0 aliphatic heterocycles. The summed E-state index contributed by atoms with van der Waals surface area (Å²) in [6.07, 6.45) is 0. The number of alkyl halides is 17. The van der Waals surface area contributed by atoms with Crippen LogP contribution in [-0.4, -0.2) is 58.7 Å². The van der Waals surface area contributed by atoms with Crippen molar-refractivity contribution in [3.05, 3.63) is 16.0 Å². The van der Waals surface area contributed by atoms with Gasteiger partial charge in [0.2, 0.25) is 0 Å². The van der Waals surface area contributed by atoms with Crippen molar-refractivity contribution < 1.29 is 79.8 Å². The molecule has 1 rings (SSSR count). The number of carbonyl (C=O) groups is 2. The number of amides is 2. The number of thiophene rings is 1. The van der Waals surface area contributed by atoms with Crippen LogP contribution in [0.3, 0.4) is 0 Å². The Kier molecular flexibility index (Phi) is 8.18. The summed E-state index contributed by atoms with van der Waals surface area (Å²) in [5.41, 5.74) is 3.79. The van der Waals surface area contributed by atoms with Gasteiger partial charge >= 0.3 is 52.7 Å². The first-order chi connectivity index (χ1) is 16.4. The molecule has 0 atom stereocenters. The summed E-state index contributed by atoms with van der Waals surface area (Å²) < 4.78 is 216. The lowest BCUT2D eigenvalue weighted by molar-refractivity contribution is -0.445. The van der Waals surface area contributed by atoms with E-state index in [0.29, 0.717) is 0 Å². The molecule has 3 N–H and O–H groups in total. The molecule has 22 heteroatoms. The third-order valence-corrected chi connectivity index (χ3v) is 6.23. The molecule has 1 aromatic heterocycles. The van der Waals surface area contributed by atoms with Crippen LogP contribution in [0.2, 0.25) is 0 Å². The molecule has 0 radical (unpaired) electrons. The van der Waals surface area contributed by atoms with Gasteiger partial charge in [-0.05, 0) is 31.0 Å². The first-order valence-corrected chi connectivity index (χ1v) is 10.0. The van der Waals surface area contributed by atoms with Crippen LogP contribution in [0, 0.1) is 13.8 Å². The van der Waals surface area contributed by atoms with Crippen LogP contribution in [0.4, 0.5) is 75.2 Å². The first-order valence-electron chi connectivity index (χ1n) is 8.82. The van der Waals surface area contributed by atoms with Gasteiger partial charge in [0.15, 0.2) is 0 Å². The second-order valence-corrected chi connectivity index (χ2v) is 9.02. The topological polar surface area (TPSA) is 72.2 Å². The predicted octanol–water partition coefficient (Wildman–Crippen LogP) is 6.68. The van der Waals surface area contributed by atoms with Gasteiger partial charge in [-0.3, -0.25) is 9.59 Å². The third kappa shape index (κ3) is 4.41. The van der Waals surface area contributed by atoms with Crippen LogP contribution in [0.1, 0.15) is 20.8 Å². The highest BCUT2D eigenvalue weighted by atomic mass is 35.5. The summed E-state index contributed by atoms with van der Waals surface area (Å²) in [5, 5.41) is -7.32.